The third-order valence-electron chi connectivity index (χ3n) is 5.98. The number of fused-ring (bicyclic) bond motifs is 2. The number of pyridine rings is 1. The molecule has 0 aliphatic carbocycles. The van der Waals surface area contributed by atoms with Crippen molar-refractivity contribution in [3.8, 4) is 0 Å². The molecule has 28 heavy (non-hydrogen) atoms. The summed E-state index contributed by atoms with van der Waals surface area (Å²) >= 11 is 0. The van der Waals surface area contributed by atoms with E-state index in [1.54, 1.807) is 6.07 Å². The van der Waals surface area contributed by atoms with E-state index in [9.17, 15) is 4.79 Å². The number of aryl methyl sites for hydroxylation is 2. The molecule has 1 N–H and O–H groups in total. The van der Waals surface area contributed by atoms with Gasteiger partial charge in [0.05, 0.1) is 0 Å². The summed E-state index contributed by atoms with van der Waals surface area (Å²) in [5.74, 6) is 0. The van der Waals surface area contributed by atoms with Gasteiger partial charge in [0.15, 0.2) is 0 Å². The maximum absolute atomic E-state index is 12.7. The van der Waals surface area contributed by atoms with E-state index < -0.39 is 0 Å². The van der Waals surface area contributed by atoms with Crippen LogP contribution in [0.4, 0.5) is 5.69 Å². The van der Waals surface area contributed by atoms with Crippen LogP contribution in [0.2, 0.25) is 0 Å². The van der Waals surface area contributed by atoms with Crippen molar-refractivity contribution in [3.63, 3.8) is 0 Å². The Bertz CT molecular complexity index is 1040. The smallest absolute Gasteiger partial charge is 0.252 e. The minimum atomic E-state index is 0.0793. The topological polar surface area (TPSA) is 37.3 Å². The number of hydrogen-bond donors (Lipinski definition) is 1. The Morgan fingerprint density at radius 1 is 0.893 bits per heavy atom. The standard InChI is InChI=1S/C24H25N3O/c28-24-14-23(27-16-21-3-1-2-4-22(21)17-27)9-12-26(24)11-8-18-5-6-20-15-25-10-7-19(20)13-18/h1-6,9,12-14,25H,7-8,10-11,15-17H2. The molecule has 2 aliphatic rings. The fourth-order valence-electron chi connectivity index (χ4n) is 4.33. The zero-order valence-electron chi connectivity index (χ0n) is 16.0. The number of aromatic nitrogens is 1. The first kappa shape index (κ1) is 17.3. The summed E-state index contributed by atoms with van der Waals surface area (Å²) in [5, 5.41) is 3.41. The van der Waals surface area contributed by atoms with Crippen molar-refractivity contribution in [2.75, 3.05) is 11.4 Å². The first-order chi connectivity index (χ1) is 13.8. The third kappa shape index (κ3) is 3.36. The van der Waals surface area contributed by atoms with Crippen LogP contribution < -0.4 is 15.8 Å². The van der Waals surface area contributed by atoms with E-state index in [2.05, 4.69) is 58.7 Å². The van der Waals surface area contributed by atoms with Gasteiger partial charge in [-0.05, 0) is 53.3 Å². The molecular weight excluding hydrogens is 346 g/mol. The molecule has 0 amide bonds. The van der Waals surface area contributed by atoms with Crippen molar-refractivity contribution >= 4 is 5.69 Å². The second-order valence-corrected chi connectivity index (χ2v) is 7.82. The molecule has 3 heterocycles. The van der Waals surface area contributed by atoms with E-state index in [0.29, 0.717) is 0 Å². The lowest BCUT2D eigenvalue weighted by Crippen LogP contribution is -2.24. The van der Waals surface area contributed by atoms with Crippen molar-refractivity contribution in [3.05, 3.63) is 99.0 Å². The number of rotatable bonds is 4. The molecule has 142 valence electrons. The lowest BCUT2D eigenvalue weighted by Gasteiger charge is -2.19. The van der Waals surface area contributed by atoms with Gasteiger partial charge >= 0.3 is 0 Å². The molecule has 5 rings (SSSR count). The van der Waals surface area contributed by atoms with Crippen LogP contribution in [0.5, 0.6) is 0 Å². The van der Waals surface area contributed by atoms with Gasteiger partial charge in [-0.25, -0.2) is 0 Å². The molecule has 0 bridgehead atoms. The van der Waals surface area contributed by atoms with Crippen molar-refractivity contribution in [1.29, 1.82) is 0 Å². The van der Waals surface area contributed by atoms with Gasteiger partial charge in [-0.15, -0.1) is 0 Å². The lowest BCUT2D eigenvalue weighted by atomic mass is 9.97. The summed E-state index contributed by atoms with van der Waals surface area (Å²) < 4.78 is 1.83. The van der Waals surface area contributed by atoms with Crippen molar-refractivity contribution in [2.24, 2.45) is 0 Å². The summed E-state index contributed by atoms with van der Waals surface area (Å²) in [6.07, 6.45) is 3.92. The number of nitrogens with one attached hydrogen (secondary N) is 1. The zero-order valence-corrected chi connectivity index (χ0v) is 16.0. The quantitative estimate of drug-likeness (QED) is 0.765. The van der Waals surface area contributed by atoms with Crippen molar-refractivity contribution < 1.29 is 0 Å². The SMILES string of the molecule is O=c1cc(N2Cc3ccccc3C2)ccn1CCc1ccc2c(c1)CCNC2. The van der Waals surface area contributed by atoms with Gasteiger partial charge < -0.3 is 14.8 Å². The number of hydrogen-bond acceptors (Lipinski definition) is 3. The van der Waals surface area contributed by atoms with E-state index in [0.717, 1.165) is 51.3 Å². The molecular formula is C24H25N3O. The van der Waals surface area contributed by atoms with Gasteiger partial charge in [-0.3, -0.25) is 4.79 Å². The number of nitrogens with zero attached hydrogens (tertiary/aromatic N) is 2. The average molecular weight is 371 g/mol. The Morgan fingerprint density at radius 3 is 2.50 bits per heavy atom. The minimum absolute atomic E-state index is 0.0793. The van der Waals surface area contributed by atoms with Gasteiger partial charge in [-0.1, -0.05) is 42.5 Å². The summed E-state index contributed by atoms with van der Waals surface area (Å²) in [4.78, 5) is 14.9. The highest BCUT2D eigenvalue weighted by molar-refractivity contribution is 5.51. The second-order valence-electron chi connectivity index (χ2n) is 7.82. The van der Waals surface area contributed by atoms with Crippen LogP contribution in [0.25, 0.3) is 0 Å². The van der Waals surface area contributed by atoms with E-state index >= 15 is 0 Å². The fraction of sp³-hybridized carbons (Fsp3) is 0.292. The Labute approximate surface area is 165 Å². The molecule has 3 aromatic rings. The maximum atomic E-state index is 12.7. The third-order valence-corrected chi connectivity index (χ3v) is 5.98. The Morgan fingerprint density at radius 2 is 1.71 bits per heavy atom. The molecule has 0 fully saturated rings. The average Bonchev–Trinajstić information content (AvgIpc) is 3.17. The van der Waals surface area contributed by atoms with Crippen LogP contribution in [0.15, 0.2) is 65.6 Å². The van der Waals surface area contributed by atoms with Gasteiger partial charge in [0.1, 0.15) is 0 Å². The molecule has 0 spiro atoms. The Kier molecular flexibility index (Phi) is 4.49. The van der Waals surface area contributed by atoms with E-state index in [4.69, 9.17) is 0 Å². The molecule has 0 saturated carbocycles. The van der Waals surface area contributed by atoms with E-state index in [1.807, 2.05) is 10.8 Å². The summed E-state index contributed by atoms with van der Waals surface area (Å²) in [6, 6.07) is 19.1. The van der Waals surface area contributed by atoms with Gasteiger partial charge in [0.25, 0.3) is 5.56 Å². The van der Waals surface area contributed by atoms with E-state index in [-0.39, 0.29) is 5.56 Å². The van der Waals surface area contributed by atoms with Crippen LogP contribution in [-0.2, 0) is 39.0 Å². The molecule has 1 aromatic heterocycles. The first-order valence-corrected chi connectivity index (χ1v) is 10.1. The molecule has 0 atom stereocenters. The summed E-state index contributed by atoms with van der Waals surface area (Å²) in [7, 11) is 0. The highest BCUT2D eigenvalue weighted by Crippen LogP contribution is 2.27. The first-order valence-electron chi connectivity index (χ1n) is 10.1. The predicted molar refractivity (Wildman–Crippen MR) is 113 cm³/mol. The predicted octanol–water partition coefficient (Wildman–Crippen LogP) is 3.26. The van der Waals surface area contributed by atoms with Crippen LogP contribution >= 0.6 is 0 Å². The largest absolute Gasteiger partial charge is 0.363 e. The molecule has 0 saturated heterocycles. The fourth-order valence-corrected chi connectivity index (χ4v) is 4.33. The van der Waals surface area contributed by atoms with Crippen molar-refractivity contribution in [2.45, 2.75) is 39.0 Å². The summed E-state index contributed by atoms with van der Waals surface area (Å²) in [6.45, 7) is 4.50. The van der Waals surface area contributed by atoms with Gasteiger partial charge in [-0.2, -0.15) is 0 Å². The van der Waals surface area contributed by atoms with Crippen LogP contribution in [-0.4, -0.2) is 11.1 Å². The Balaban J connectivity index is 1.28. The minimum Gasteiger partial charge on any atom is -0.363 e. The number of benzene rings is 2. The van der Waals surface area contributed by atoms with Gasteiger partial charge in [0, 0.05) is 44.1 Å². The monoisotopic (exact) mass is 371 g/mol. The van der Waals surface area contributed by atoms with Crippen LogP contribution in [0, 0.1) is 0 Å². The van der Waals surface area contributed by atoms with Crippen LogP contribution in [0.3, 0.4) is 0 Å². The summed E-state index contributed by atoms with van der Waals surface area (Å²) in [5.41, 5.74) is 7.97. The highest BCUT2D eigenvalue weighted by atomic mass is 16.1. The normalized spacial score (nSPS) is 15.4. The van der Waals surface area contributed by atoms with Crippen LogP contribution in [0.1, 0.15) is 27.8 Å². The molecule has 0 radical (unpaired) electrons. The zero-order chi connectivity index (χ0) is 18.9. The maximum Gasteiger partial charge on any atom is 0.252 e. The number of anilines is 1. The molecule has 0 unspecified atom stereocenters. The molecule has 2 aliphatic heterocycles. The lowest BCUT2D eigenvalue weighted by molar-refractivity contribution is 0.638. The molecule has 2 aromatic carbocycles. The van der Waals surface area contributed by atoms with Gasteiger partial charge in [0.2, 0.25) is 0 Å². The Hall–Kier alpha value is -2.85. The van der Waals surface area contributed by atoms with Crippen molar-refractivity contribution in [1.82, 2.24) is 9.88 Å². The second kappa shape index (κ2) is 7.28. The molecule has 4 heteroatoms. The highest BCUT2D eigenvalue weighted by Gasteiger charge is 2.19. The molecule has 4 nitrogen and oxygen atoms in total. The van der Waals surface area contributed by atoms with E-state index in [1.165, 1.54) is 27.8 Å².